The van der Waals surface area contributed by atoms with Gasteiger partial charge in [0, 0.05) is 11.1 Å². The van der Waals surface area contributed by atoms with E-state index in [1.54, 1.807) is 12.1 Å². The number of isothiocyanates is 1. The van der Waals surface area contributed by atoms with Gasteiger partial charge in [-0.1, -0.05) is 91.7 Å². The summed E-state index contributed by atoms with van der Waals surface area (Å²) < 4.78 is 0. The molecule has 0 aliphatic heterocycles. The molecule has 3 rings (SSSR count). The van der Waals surface area contributed by atoms with E-state index in [4.69, 9.17) is 23.2 Å². The Labute approximate surface area is 193 Å². The van der Waals surface area contributed by atoms with Crippen LogP contribution in [0.3, 0.4) is 0 Å². The van der Waals surface area contributed by atoms with Crippen molar-refractivity contribution in [3.8, 4) is 23.0 Å². The first-order valence-electron chi connectivity index (χ1n) is 9.78. The summed E-state index contributed by atoms with van der Waals surface area (Å²) in [6, 6.07) is 20.5. The van der Waals surface area contributed by atoms with E-state index >= 15 is 0 Å². The van der Waals surface area contributed by atoms with Crippen LogP contribution in [0.1, 0.15) is 37.0 Å². The van der Waals surface area contributed by atoms with Crippen molar-refractivity contribution in [2.45, 2.75) is 26.7 Å². The second kappa shape index (κ2) is 10.6. The summed E-state index contributed by atoms with van der Waals surface area (Å²) in [5.41, 5.74) is 5.81. The minimum atomic E-state index is 0.399. The molecule has 0 aliphatic rings. The lowest BCUT2D eigenvalue weighted by Crippen LogP contribution is -1.97. The molecular weight excluding hydrogens is 429 g/mol. The molecule has 4 heteroatoms. The number of aliphatic imine (C=N–C) groups is 1. The molecule has 0 amide bonds. The van der Waals surface area contributed by atoms with Gasteiger partial charge in [-0.2, -0.15) is 4.99 Å². The molecule has 1 nitrogen and oxygen atoms in total. The molecule has 0 saturated carbocycles. The number of nitrogens with zero attached hydrogens (tertiary/aromatic N) is 1. The lowest BCUT2D eigenvalue weighted by atomic mass is 9.96. The van der Waals surface area contributed by atoms with Gasteiger partial charge in [0.25, 0.3) is 0 Å². The van der Waals surface area contributed by atoms with Gasteiger partial charge in [-0.3, -0.25) is 0 Å². The van der Waals surface area contributed by atoms with Gasteiger partial charge < -0.3 is 0 Å². The van der Waals surface area contributed by atoms with Crippen LogP contribution in [0.2, 0.25) is 10.0 Å². The zero-order valence-corrected chi connectivity index (χ0v) is 19.2. The number of benzene rings is 3. The smallest absolute Gasteiger partial charge is 0.111 e. The van der Waals surface area contributed by atoms with Crippen molar-refractivity contribution in [3.63, 3.8) is 0 Å². The Balaban J connectivity index is 1.75. The number of halogens is 2. The highest BCUT2D eigenvalue weighted by Gasteiger charge is 2.06. The highest BCUT2D eigenvalue weighted by molar-refractivity contribution is 7.78. The molecule has 0 fully saturated rings. The van der Waals surface area contributed by atoms with Crippen LogP contribution in [0.25, 0.3) is 11.1 Å². The summed E-state index contributed by atoms with van der Waals surface area (Å²) >= 11 is 17.0. The van der Waals surface area contributed by atoms with E-state index in [2.05, 4.69) is 84.5 Å². The van der Waals surface area contributed by atoms with Crippen molar-refractivity contribution in [3.05, 3.63) is 87.4 Å². The van der Waals surface area contributed by atoms with Gasteiger partial charge >= 0.3 is 0 Å². The second-order valence-electron chi connectivity index (χ2n) is 7.23. The fourth-order valence-electron chi connectivity index (χ4n) is 3.06. The lowest BCUT2D eigenvalue weighted by Gasteiger charge is -2.09. The van der Waals surface area contributed by atoms with Gasteiger partial charge in [0.05, 0.1) is 15.2 Å². The first-order chi connectivity index (χ1) is 14.5. The largest absolute Gasteiger partial charge is 0.192 e. The molecule has 0 radical (unpaired) electrons. The summed E-state index contributed by atoms with van der Waals surface area (Å²) in [6.45, 7) is 4.52. The average molecular weight is 450 g/mol. The Morgan fingerprint density at radius 2 is 1.40 bits per heavy atom. The molecule has 3 aromatic carbocycles. The van der Waals surface area contributed by atoms with E-state index in [1.165, 1.54) is 23.1 Å². The van der Waals surface area contributed by atoms with Crippen molar-refractivity contribution in [2.75, 3.05) is 0 Å². The van der Waals surface area contributed by atoms with Crippen LogP contribution >= 0.6 is 35.4 Å². The van der Waals surface area contributed by atoms with Crippen molar-refractivity contribution >= 4 is 46.3 Å². The summed E-state index contributed by atoms with van der Waals surface area (Å²) in [6.07, 6.45) is 2.33. The third kappa shape index (κ3) is 5.82. The van der Waals surface area contributed by atoms with Gasteiger partial charge in [0.1, 0.15) is 5.69 Å². The zero-order valence-electron chi connectivity index (χ0n) is 16.9. The van der Waals surface area contributed by atoms with E-state index in [-0.39, 0.29) is 0 Å². The minimum Gasteiger partial charge on any atom is -0.192 e. The van der Waals surface area contributed by atoms with Crippen LogP contribution in [-0.2, 0) is 6.42 Å². The molecule has 150 valence electrons. The predicted molar refractivity (Wildman–Crippen MR) is 132 cm³/mol. The average Bonchev–Trinajstić information content (AvgIpc) is 2.75. The highest BCUT2D eigenvalue weighted by atomic mass is 35.5. The molecule has 0 bridgehead atoms. The normalized spacial score (nSPS) is 11.2. The SMILES string of the molecule is CCC(C)Cc1ccc(-c2ccc(C#Cc3cc(Cl)c(N=C=S)c(Cl)c3)cc2)cc1. The fourth-order valence-corrected chi connectivity index (χ4v) is 3.72. The molecule has 0 aromatic heterocycles. The predicted octanol–water partition coefficient (Wildman–Crippen LogP) is 8.38. The first kappa shape index (κ1) is 22.3. The molecule has 1 atom stereocenters. The van der Waals surface area contributed by atoms with Gasteiger partial charge in [0.15, 0.2) is 0 Å². The van der Waals surface area contributed by atoms with E-state index in [9.17, 15) is 0 Å². The van der Waals surface area contributed by atoms with Crippen molar-refractivity contribution < 1.29 is 0 Å². The van der Waals surface area contributed by atoms with Crippen LogP contribution < -0.4 is 0 Å². The number of rotatable bonds is 5. The summed E-state index contributed by atoms with van der Waals surface area (Å²) in [5, 5.41) is 3.08. The molecule has 1 unspecified atom stereocenters. The minimum absolute atomic E-state index is 0.399. The van der Waals surface area contributed by atoms with E-state index in [0.29, 0.717) is 27.2 Å². The standard InChI is InChI=1S/C26H21Cl2NS/c1-3-18(2)14-20-8-12-23(13-9-20)22-10-6-19(7-11-22)4-5-21-15-24(27)26(29-17-30)25(28)16-21/h6-13,15-16,18H,3,14H2,1-2H3. The van der Waals surface area contributed by atoms with Crippen molar-refractivity contribution in [2.24, 2.45) is 10.9 Å². The molecule has 0 saturated heterocycles. The summed E-state index contributed by atoms with van der Waals surface area (Å²) in [5.74, 6) is 6.95. The van der Waals surface area contributed by atoms with Crippen LogP contribution in [0.5, 0.6) is 0 Å². The van der Waals surface area contributed by atoms with Gasteiger partial charge in [-0.25, -0.2) is 0 Å². The highest BCUT2D eigenvalue weighted by Crippen LogP contribution is 2.33. The van der Waals surface area contributed by atoms with Crippen molar-refractivity contribution in [1.29, 1.82) is 0 Å². The lowest BCUT2D eigenvalue weighted by molar-refractivity contribution is 0.560. The van der Waals surface area contributed by atoms with E-state index in [1.807, 2.05) is 12.1 Å². The Kier molecular flexibility index (Phi) is 7.86. The maximum atomic E-state index is 6.20. The van der Waals surface area contributed by atoms with Crippen LogP contribution in [-0.4, -0.2) is 5.16 Å². The quantitative estimate of drug-likeness (QED) is 0.216. The van der Waals surface area contributed by atoms with Crippen molar-refractivity contribution in [1.82, 2.24) is 0 Å². The molecule has 0 heterocycles. The Bertz CT molecular complexity index is 1110. The fraction of sp³-hybridized carbons (Fsp3) is 0.192. The molecular formula is C26H21Cl2NS. The number of hydrogen-bond acceptors (Lipinski definition) is 2. The van der Waals surface area contributed by atoms with Crippen LogP contribution in [0.15, 0.2) is 65.7 Å². The summed E-state index contributed by atoms with van der Waals surface area (Å²) in [7, 11) is 0. The topological polar surface area (TPSA) is 12.4 Å². The monoisotopic (exact) mass is 449 g/mol. The van der Waals surface area contributed by atoms with E-state index < -0.39 is 0 Å². The summed E-state index contributed by atoms with van der Waals surface area (Å²) in [4.78, 5) is 3.88. The maximum absolute atomic E-state index is 6.20. The van der Waals surface area contributed by atoms with E-state index in [0.717, 1.165) is 12.0 Å². The molecule has 3 aromatic rings. The Morgan fingerprint density at radius 3 is 1.93 bits per heavy atom. The Morgan fingerprint density at radius 1 is 0.867 bits per heavy atom. The first-order valence-corrected chi connectivity index (χ1v) is 10.9. The molecule has 0 spiro atoms. The van der Waals surface area contributed by atoms with Crippen LogP contribution in [0.4, 0.5) is 5.69 Å². The number of hydrogen-bond donors (Lipinski definition) is 0. The number of thiocarbonyl (C=S) groups is 1. The zero-order chi connectivity index (χ0) is 21.5. The molecule has 0 aliphatic carbocycles. The Hall–Kier alpha value is -2.40. The molecule has 0 N–H and O–H groups in total. The maximum Gasteiger partial charge on any atom is 0.111 e. The third-order valence-corrected chi connectivity index (χ3v) is 5.65. The van der Waals surface area contributed by atoms with Gasteiger partial charge in [0.2, 0.25) is 0 Å². The second-order valence-corrected chi connectivity index (χ2v) is 8.23. The third-order valence-electron chi connectivity index (χ3n) is 4.98. The van der Waals surface area contributed by atoms with Gasteiger partial charge in [-0.05, 0) is 65.5 Å². The van der Waals surface area contributed by atoms with Gasteiger partial charge in [-0.15, -0.1) is 0 Å². The molecule has 30 heavy (non-hydrogen) atoms. The van der Waals surface area contributed by atoms with Crippen LogP contribution in [0, 0.1) is 17.8 Å².